The molecule has 0 radical (unpaired) electrons. The molecule has 12 heteroatoms. The van der Waals surface area contributed by atoms with E-state index in [0.717, 1.165) is 11.3 Å². The van der Waals surface area contributed by atoms with Crippen LogP contribution in [0.1, 0.15) is 18.9 Å². The molecule has 1 amide bonds. The number of aromatic nitrogens is 2. The van der Waals surface area contributed by atoms with E-state index in [1.165, 1.54) is 23.9 Å². The maximum absolute atomic E-state index is 13.6. The van der Waals surface area contributed by atoms with Crippen LogP contribution in [0.15, 0.2) is 22.5 Å². The van der Waals surface area contributed by atoms with Gasteiger partial charge in [0.25, 0.3) is 10.0 Å². The molecule has 0 saturated carbocycles. The van der Waals surface area contributed by atoms with Gasteiger partial charge in [-0.05, 0) is 12.1 Å². The number of carbonyl (C=O) groups excluding carboxylic acids is 1. The number of nitrogens with zero attached hydrogens (tertiary/aromatic N) is 2. The van der Waals surface area contributed by atoms with Gasteiger partial charge >= 0.3 is 0 Å². The molecule has 2 N–H and O–H groups in total. The van der Waals surface area contributed by atoms with Crippen LogP contribution >= 0.6 is 34.7 Å². The number of thioether (sulfide) groups is 1. The number of anilines is 1. The van der Waals surface area contributed by atoms with Crippen molar-refractivity contribution in [3.8, 4) is 0 Å². The van der Waals surface area contributed by atoms with Crippen molar-refractivity contribution >= 4 is 55.8 Å². The van der Waals surface area contributed by atoms with E-state index in [1.807, 2.05) is 0 Å². The summed E-state index contributed by atoms with van der Waals surface area (Å²) in [6.07, 6.45) is 0.253. The number of carbonyl (C=O) groups is 1. The molecule has 0 unspecified atom stereocenters. The van der Waals surface area contributed by atoms with Crippen LogP contribution in [0.4, 0.5) is 9.52 Å². The molecule has 0 aliphatic heterocycles. The summed E-state index contributed by atoms with van der Waals surface area (Å²) in [6.45, 7) is 1.80. The smallest absolute Gasteiger partial charge is 0.269 e. The van der Waals surface area contributed by atoms with E-state index in [2.05, 4.69) is 20.2 Å². The Morgan fingerprint density at radius 1 is 1.38 bits per heavy atom. The largest absolute Gasteiger partial charge is 0.301 e. The third-order valence-corrected chi connectivity index (χ3v) is 7.06. The zero-order chi connectivity index (χ0) is 19.2. The second-order valence-electron chi connectivity index (χ2n) is 4.93. The van der Waals surface area contributed by atoms with E-state index in [9.17, 15) is 17.6 Å². The summed E-state index contributed by atoms with van der Waals surface area (Å²) in [5, 5.41) is 10.1. The zero-order valence-corrected chi connectivity index (χ0v) is 16.9. The predicted octanol–water partition coefficient (Wildman–Crippen LogP) is 2.89. The number of nitrogens with one attached hydrogen (secondary N) is 2. The lowest BCUT2D eigenvalue weighted by Crippen LogP contribution is -2.26. The predicted molar refractivity (Wildman–Crippen MR) is 102 cm³/mol. The van der Waals surface area contributed by atoms with E-state index in [-0.39, 0.29) is 34.2 Å². The van der Waals surface area contributed by atoms with E-state index in [1.54, 1.807) is 13.0 Å². The molecular formula is C14H16ClFN4O3S3. The summed E-state index contributed by atoms with van der Waals surface area (Å²) in [7, 11) is -3.81. The van der Waals surface area contributed by atoms with Crippen LogP contribution < -0.4 is 10.0 Å². The van der Waals surface area contributed by atoms with Gasteiger partial charge in [-0.1, -0.05) is 35.9 Å². The first-order chi connectivity index (χ1) is 12.3. The second-order valence-corrected chi connectivity index (χ2v) is 9.36. The standard InChI is InChI=1S/C14H16ClFN4O3S3/c1-2-12(21)18-13-19-20-14(25-13)26(22,23)17-6-7-24-8-9-10(15)4-3-5-11(9)16/h3-5,17H,2,6-8H2,1H3,(H,18,19,21). The minimum atomic E-state index is -3.81. The van der Waals surface area contributed by atoms with Crippen molar-refractivity contribution in [3.63, 3.8) is 0 Å². The third kappa shape index (κ3) is 5.88. The van der Waals surface area contributed by atoms with Gasteiger partial charge in [-0.25, -0.2) is 17.5 Å². The van der Waals surface area contributed by atoms with Gasteiger partial charge < -0.3 is 5.32 Å². The highest BCUT2D eigenvalue weighted by Crippen LogP contribution is 2.24. The molecule has 0 aliphatic rings. The SMILES string of the molecule is CCC(=O)Nc1nnc(S(=O)(=O)NCCSCc2c(F)cccc2Cl)s1. The van der Waals surface area contributed by atoms with Gasteiger partial charge in [0.15, 0.2) is 0 Å². The second kappa shape index (κ2) is 9.60. The molecule has 1 aromatic heterocycles. The first kappa shape index (κ1) is 21.0. The minimum Gasteiger partial charge on any atom is -0.301 e. The molecule has 2 rings (SSSR count). The number of hydrogen-bond acceptors (Lipinski definition) is 7. The Hall–Kier alpha value is -1.27. The average molecular weight is 439 g/mol. The van der Waals surface area contributed by atoms with Crippen LogP contribution in [-0.2, 0) is 20.6 Å². The molecule has 0 atom stereocenters. The van der Waals surface area contributed by atoms with Gasteiger partial charge in [-0.2, -0.15) is 11.8 Å². The van der Waals surface area contributed by atoms with Gasteiger partial charge in [0.05, 0.1) is 0 Å². The normalized spacial score (nSPS) is 11.5. The summed E-state index contributed by atoms with van der Waals surface area (Å²) in [4.78, 5) is 11.3. The Labute approximate surface area is 163 Å². The molecule has 0 aliphatic carbocycles. The van der Waals surface area contributed by atoms with Gasteiger partial charge in [-0.15, -0.1) is 10.2 Å². The van der Waals surface area contributed by atoms with Crippen LogP contribution in [-0.4, -0.2) is 36.8 Å². The molecule has 0 fully saturated rings. The Morgan fingerprint density at radius 3 is 2.85 bits per heavy atom. The van der Waals surface area contributed by atoms with Crippen molar-refractivity contribution in [3.05, 3.63) is 34.6 Å². The topological polar surface area (TPSA) is 101 Å². The monoisotopic (exact) mass is 438 g/mol. The van der Waals surface area contributed by atoms with Crippen molar-refractivity contribution in [2.75, 3.05) is 17.6 Å². The highest BCUT2D eigenvalue weighted by atomic mass is 35.5. The fraction of sp³-hybridized carbons (Fsp3) is 0.357. The van der Waals surface area contributed by atoms with Crippen LogP contribution in [0.2, 0.25) is 5.02 Å². The number of hydrogen-bond donors (Lipinski definition) is 2. The van der Waals surface area contributed by atoms with E-state index in [4.69, 9.17) is 11.6 Å². The number of benzene rings is 1. The summed E-state index contributed by atoms with van der Waals surface area (Å²) in [6, 6.07) is 4.46. The van der Waals surface area contributed by atoms with Crippen molar-refractivity contribution in [2.45, 2.75) is 23.4 Å². The fourth-order valence-electron chi connectivity index (χ4n) is 1.73. The van der Waals surface area contributed by atoms with Crippen LogP contribution in [0.25, 0.3) is 0 Å². The lowest BCUT2D eigenvalue weighted by Gasteiger charge is -2.06. The van der Waals surface area contributed by atoms with Gasteiger partial charge in [0.2, 0.25) is 15.4 Å². The van der Waals surface area contributed by atoms with Gasteiger partial charge in [0, 0.05) is 35.1 Å². The van der Waals surface area contributed by atoms with Crippen molar-refractivity contribution < 1.29 is 17.6 Å². The third-order valence-electron chi connectivity index (χ3n) is 3.05. The Balaban J connectivity index is 1.82. The zero-order valence-electron chi connectivity index (χ0n) is 13.7. The van der Waals surface area contributed by atoms with Crippen molar-refractivity contribution in [1.29, 1.82) is 0 Å². The minimum absolute atomic E-state index is 0.126. The molecule has 0 saturated heterocycles. The fourth-order valence-corrected chi connectivity index (χ4v) is 5.05. The Morgan fingerprint density at radius 2 is 2.15 bits per heavy atom. The van der Waals surface area contributed by atoms with Crippen molar-refractivity contribution in [1.82, 2.24) is 14.9 Å². The number of amides is 1. The molecule has 1 aromatic carbocycles. The summed E-state index contributed by atoms with van der Waals surface area (Å²) in [5.41, 5.74) is 0.391. The van der Waals surface area contributed by atoms with Crippen LogP contribution in [0, 0.1) is 5.82 Å². The van der Waals surface area contributed by atoms with E-state index in [0.29, 0.717) is 22.1 Å². The van der Waals surface area contributed by atoms with Gasteiger partial charge in [0.1, 0.15) is 5.82 Å². The molecule has 0 bridgehead atoms. The van der Waals surface area contributed by atoms with Crippen LogP contribution in [0.3, 0.4) is 0 Å². The molecule has 26 heavy (non-hydrogen) atoms. The Kier molecular flexibility index (Phi) is 7.77. The lowest BCUT2D eigenvalue weighted by molar-refractivity contribution is -0.115. The molecule has 142 valence electrons. The average Bonchev–Trinajstić information content (AvgIpc) is 3.06. The van der Waals surface area contributed by atoms with Gasteiger partial charge in [-0.3, -0.25) is 4.79 Å². The lowest BCUT2D eigenvalue weighted by atomic mass is 10.2. The quantitative estimate of drug-likeness (QED) is 0.461. The first-order valence-electron chi connectivity index (χ1n) is 7.47. The van der Waals surface area contributed by atoms with Crippen molar-refractivity contribution in [2.24, 2.45) is 0 Å². The first-order valence-corrected chi connectivity index (χ1v) is 11.3. The maximum Gasteiger partial charge on any atom is 0.269 e. The molecule has 1 heterocycles. The molecule has 2 aromatic rings. The Bertz CT molecular complexity index is 856. The van der Waals surface area contributed by atoms with E-state index < -0.39 is 10.0 Å². The number of halogens is 2. The highest BCUT2D eigenvalue weighted by molar-refractivity contribution is 7.98. The maximum atomic E-state index is 13.6. The summed E-state index contributed by atoms with van der Waals surface area (Å²) in [5.74, 6) is 0.0869. The number of sulfonamides is 1. The summed E-state index contributed by atoms with van der Waals surface area (Å²) < 4.78 is 40.1. The molecular weight excluding hydrogens is 423 g/mol. The molecule has 0 spiro atoms. The summed E-state index contributed by atoms with van der Waals surface area (Å²) >= 11 is 8.05. The highest BCUT2D eigenvalue weighted by Gasteiger charge is 2.20. The van der Waals surface area contributed by atoms with Crippen LogP contribution in [0.5, 0.6) is 0 Å². The molecule has 7 nitrogen and oxygen atoms in total. The number of rotatable bonds is 9. The van der Waals surface area contributed by atoms with E-state index >= 15 is 0 Å².